The normalized spacial score (nSPS) is 29.8. The molecular weight excluding hydrogens is 378 g/mol. The van der Waals surface area contributed by atoms with Gasteiger partial charge in [0.25, 0.3) is 5.91 Å². The summed E-state index contributed by atoms with van der Waals surface area (Å²) in [4.78, 5) is 17.7. The smallest absolute Gasteiger partial charge is 0.268 e. The summed E-state index contributed by atoms with van der Waals surface area (Å²) in [5.41, 5.74) is 2.69. The minimum absolute atomic E-state index is 0.0105. The van der Waals surface area contributed by atoms with Gasteiger partial charge in [-0.25, -0.2) is 4.98 Å². The first-order chi connectivity index (χ1) is 14.5. The third-order valence-corrected chi connectivity index (χ3v) is 7.71. The van der Waals surface area contributed by atoms with Crippen LogP contribution in [-0.4, -0.2) is 38.3 Å². The molecule has 2 aromatic rings. The summed E-state index contributed by atoms with van der Waals surface area (Å²) in [7, 11) is 0. The Morgan fingerprint density at radius 1 is 1.13 bits per heavy atom. The van der Waals surface area contributed by atoms with Crippen LogP contribution >= 0.6 is 0 Å². The molecule has 6 rings (SSSR count). The highest BCUT2D eigenvalue weighted by molar-refractivity contribution is 5.93. The van der Waals surface area contributed by atoms with Crippen LogP contribution in [0.25, 0.3) is 5.65 Å². The van der Waals surface area contributed by atoms with E-state index in [1.807, 2.05) is 28.8 Å². The van der Waals surface area contributed by atoms with Crippen LogP contribution in [0.15, 0.2) is 24.4 Å². The van der Waals surface area contributed by atoms with Crippen molar-refractivity contribution in [2.45, 2.75) is 70.5 Å². The van der Waals surface area contributed by atoms with Gasteiger partial charge in [-0.05, 0) is 99.5 Å². The lowest BCUT2D eigenvalue weighted by molar-refractivity contribution is -0.0503. The molecule has 0 atom stereocenters. The molecule has 4 aliphatic carbocycles. The Hall–Kier alpha value is -1.92. The van der Waals surface area contributed by atoms with Crippen LogP contribution in [0.5, 0.6) is 0 Å². The van der Waals surface area contributed by atoms with Gasteiger partial charge in [0.2, 0.25) is 0 Å². The Labute approximate surface area is 177 Å². The first-order valence-electron chi connectivity index (χ1n) is 11.6. The number of unbranched alkanes of at least 4 members (excludes halogenated alkanes) is 1. The largest absolute Gasteiger partial charge is 0.368 e. The summed E-state index contributed by atoms with van der Waals surface area (Å²) in [6.07, 6.45) is 11.6. The van der Waals surface area contributed by atoms with Crippen molar-refractivity contribution in [3.05, 3.63) is 35.8 Å². The zero-order valence-electron chi connectivity index (χ0n) is 17.6. The van der Waals surface area contributed by atoms with Gasteiger partial charge in [0.1, 0.15) is 11.3 Å². The fourth-order valence-electron chi connectivity index (χ4n) is 6.86. The van der Waals surface area contributed by atoms with E-state index in [2.05, 4.69) is 10.3 Å². The number of rotatable bonds is 8. The predicted octanol–water partition coefficient (Wildman–Crippen LogP) is 3.30. The lowest BCUT2D eigenvalue weighted by Crippen LogP contribution is -2.51. The number of imidazole rings is 1. The molecule has 4 fully saturated rings. The van der Waals surface area contributed by atoms with Crippen molar-refractivity contribution in [3.8, 4) is 0 Å². The molecule has 162 valence electrons. The lowest BCUT2D eigenvalue weighted by Gasteiger charge is -2.56. The molecule has 2 aromatic heterocycles. The van der Waals surface area contributed by atoms with E-state index in [1.165, 1.54) is 38.5 Å². The van der Waals surface area contributed by atoms with Crippen LogP contribution in [0.4, 0.5) is 0 Å². The van der Waals surface area contributed by atoms with Crippen LogP contribution in [0.2, 0.25) is 0 Å². The highest BCUT2D eigenvalue weighted by Crippen LogP contribution is 2.59. The van der Waals surface area contributed by atoms with Gasteiger partial charge in [-0.2, -0.15) is 0 Å². The Balaban J connectivity index is 1.25. The first-order valence-corrected chi connectivity index (χ1v) is 11.6. The summed E-state index contributed by atoms with van der Waals surface area (Å²) in [6, 6.07) is 5.69. The van der Waals surface area contributed by atoms with Gasteiger partial charge in [-0.1, -0.05) is 6.07 Å². The average molecular weight is 412 g/mol. The lowest BCUT2D eigenvalue weighted by atomic mass is 9.49. The maximum absolute atomic E-state index is 13.1. The fraction of sp³-hybridized carbons (Fsp3) is 0.667. The SMILES string of the molecule is O=C(NCC12CC3CC(CC(C3)C1)C2)c1cccc2nc(CCCCC(O)O)cn12. The van der Waals surface area contributed by atoms with Crippen molar-refractivity contribution >= 4 is 11.6 Å². The van der Waals surface area contributed by atoms with Crippen molar-refractivity contribution in [2.24, 2.45) is 23.2 Å². The summed E-state index contributed by atoms with van der Waals surface area (Å²) >= 11 is 0. The number of carbonyl (C=O) groups excluding carboxylic acids is 1. The predicted molar refractivity (Wildman–Crippen MR) is 114 cm³/mol. The van der Waals surface area contributed by atoms with E-state index in [9.17, 15) is 4.79 Å². The molecule has 3 N–H and O–H groups in total. The van der Waals surface area contributed by atoms with Gasteiger partial charge in [0.05, 0.1) is 5.69 Å². The molecule has 1 amide bonds. The van der Waals surface area contributed by atoms with Crippen molar-refractivity contribution in [1.82, 2.24) is 14.7 Å². The number of aliphatic hydroxyl groups excluding tert-OH is 1. The van der Waals surface area contributed by atoms with Gasteiger partial charge in [0, 0.05) is 12.7 Å². The number of carbonyl (C=O) groups is 1. The molecule has 0 aliphatic heterocycles. The molecule has 4 aliphatic rings. The van der Waals surface area contributed by atoms with Crippen molar-refractivity contribution in [3.63, 3.8) is 0 Å². The van der Waals surface area contributed by atoms with E-state index in [4.69, 9.17) is 10.2 Å². The maximum atomic E-state index is 13.1. The van der Waals surface area contributed by atoms with E-state index in [-0.39, 0.29) is 5.91 Å². The number of aromatic nitrogens is 2. The molecule has 30 heavy (non-hydrogen) atoms. The molecular formula is C24H33N3O3. The number of hydrogen-bond donors (Lipinski definition) is 3. The van der Waals surface area contributed by atoms with Gasteiger partial charge >= 0.3 is 0 Å². The number of aryl methyl sites for hydroxylation is 1. The molecule has 4 bridgehead atoms. The second kappa shape index (κ2) is 7.97. The number of nitrogens with one attached hydrogen (secondary N) is 1. The molecule has 6 nitrogen and oxygen atoms in total. The highest BCUT2D eigenvalue weighted by atomic mass is 16.5. The monoisotopic (exact) mass is 411 g/mol. The van der Waals surface area contributed by atoms with Gasteiger partial charge in [-0.3, -0.25) is 9.20 Å². The van der Waals surface area contributed by atoms with Crippen molar-refractivity contribution < 1.29 is 15.0 Å². The third kappa shape index (κ3) is 4.00. The molecule has 0 aromatic carbocycles. The van der Waals surface area contributed by atoms with E-state index in [0.717, 1.165) is 54.9 Å². The molecule has 0 radical (unpaired) electrons. The van der Waals surface area contributed by atoms with E-state index in [1.54, 1.807) is 0 Å². The van der Waals surface area contributed by atoms with Gasteiger partial charge < -0.3 is 15.5 Å². The molecule has 0 spiro atoms. The minimum atomic E-state index is -1.24. The molecule has 4 saturated carbocycles. The average Bonchev–Trinajstić information content (AvgIpc) is 3.11. The zero-order valence-corrected chi connectivity index (χ0v) is 17.6. The van der Waals surface area contributed by atoms with Crippen LogP contribution in [0.1, 0.15) is 74.0 Å². The van der Waals surface area contributed by atoms with Crippen molar-refractivity contribution in [1.29, 1.82) is 0 Å². The van der Waals surface area contributed by atoms with Crippen LogP contribution < -0.4 is 5.32 Å². The maximum Gasteiger partial charge on any atom is 0.268 e. The summed E-state index contributed by atoms with van der Waals surface area (Å²) in [5, 5.41) is 21.2. The fourth-order valence-corrected chi connectivity index (χ4v) is 6.86. The van der Waals surface area contributed by atoms with Crippen LogP contribution in [0, 0.1) is 23.2 Å². The molecule has 0 unspecified atom stereocenters. The Bertz CT molecular complexity index is 884. The van der Waals surface area contributed by atoms with E-state index < -0.39 is 6.29 Å². The first kappa shape index (κ1) is 20.0. The molecule has 6 heteroatoms. The van der Waals surface area contributed by atoms with Crippen LogP contribution in [-0.2, 0) is 6.42 Å². The van der Waals surface area contributed by atoms with Crippen molar-refractivity contribution in [2.75, 3.05) is 6.54 Å². The summed E-state index contributed by atoms with van der Waals surface area (Å²) in [6.45, 7) is 0.802. The third-order valence-electron chi connectivity index (χ3n) is 7.71. The number of aliphatic hydroxyl groups is 2. The second-order valence-electron chi connectivity index (χ2n) is 10.2. The Morgan fingerprint density at radius 2 is 1.83 bits per heavy atom. The highest BCUT2D eigenvalue weighted by Gasteiger charge is 2.50. The topological polar surface area (TPSA) is 86.9 Å². The minimum Gasteiger partial charge on any atom is -0.368 e. The van der Waals surface area contributed by atoms with E-state index in [0.29, 0.717) is 17.5 Å². The quantitative estimate of drug-likeness (QED) is 0.459. The Kier molecular flexibility index (Phi) is 5.31. The number of pyridine rings is 1. The number of nitrogens with zero attached hydrogens (tertiary/aromatic N) is 2. The summed E-state index contributed by atoms with van der Waals surface area (Å²) in [5.74, 6) is 2.66. The van der Waals surface area contributed by atoms with E-state index >= 15 is 0 Å². The molecule has 0 saturated heterocycles. The summed E-state index contributed by atoms with van der Waals surface area (Å²) < 4.78 is 1.89. The molecule has 2 heterocycles. The number of hydrogen-bond acceptors (Lipinski definition) is 4. The Morgan fingerprint density at radius 3 is 2.50 bits per heavy atom. The second-order valence-corrected chi connectivity index (χ2v) is 10.2. The number of amides is 1. The zero-order chi connectivity index (χ0) is 20.7. The van der Waals surface area contributed by atoms with Gasteiger partial charge in [-0.15, -0.1) is 0 Å². The van der Waals surface area contributed by atoms with Gasteiger partial charge in [0.15, 0.2) is 6.29 Å². The number of fused-ring (bicyclic) bond motifs is 1. The standard InChI is InChI=1S/C24H33N3O3/c28-22(29)7-2-1-4-19-14-27-20(5-3-6-21(27)26-19)23(30)25-15-24-11-16-8-17(12-24)10-18(9-16)13-24/h3,5-6,14,16-18,22,28-29H,1-2,4,7-13,15H2,(H,25,30). The van der Waals surface area contributed by atoms with Crippen LogP contribution in [0.3, 0.4) is 0 Å².